The van der Waals surface area contributed by atoms with Crippen molar-refractivity contribution in [1.29, 1.82) is 0 Å². The Bertz CT molecular complexity index is 338. The van der Waals surface area contributed by atoms with Crippen LogP contribution in [-0.4, -0.2) is 4.98 Å². The van der Waals surface area contributed by atoms with Crippen LogP contribution in [0.4, 0.5) is 0 Å². The smallest absolute Gasteiger partial charge is 0.129 e. The number of hydrogen-bond acceptors (Lipinski definition) is 1. The summed E-state index contributed by atoms with van der Waals surface area (Å²) < 4.78 is 0. The second kappa shape index (κ2) is 10.3. The van der Waals surface area contributed by atoms with Crippen molar-refractivity contribution >= 4 is 11.6 Å². The van der Waals surface area contributed by atoms with Crippen LogP contribution in [0.1, 0.15) is 83.2 Å². The van der Waals surface area contributed by atoms with E-state index in [1.54, 1.807) is 0 Å². The van der Waals surface area contributed by atoms with Crippen LogP contribution in [0.25, 0.3) is 0 Å². The average molecular weight is 282 g/mol. The fraction of sp³-hybridized carbons (Fsp3) is 0.706. The van der Waals surface area contributed by atoms with Gasteiger partial charge in [-0.15, -0.1) is 0 Å². The summed E-state index contributed by atoms with van der Waals surface area (Å²) in [5.41, 5.74) is 1.19. The van der Waals surface area contributed by atoms with Gasteiger partial charge in [0.25, 0.3) is 0 Å². The molecule has 1 aromatic heterocycles. The van der Waals surface area contributed by atoms with Crippen LogP contribution in [0.15, 0.2) is 18.2 Å². The van der Waals surface area contributed by atoms with Crippen LogP contribution < -0.4 is 0 Å². The molecule has 0 saturated carbocycles. The van der Waals surface area contributed by atoms with Crippen molar-refractivity contribution < 1.29 is 0 Å². The van der Waals surface area contributed by atoms with Crippen LogP contribution >= 0.6 is 11.6 Å². The maximum absolute atomic E-state index is 6.02. The Hall–Kier alpha value is -0.560. The van der Waals surface area contributed by atoms with Gasteiger partial charge >= 0.3 is 0 Å². The summed E-state index contributed by atoms with van der Waals surface area (Å²) in [6.45, 7) is 4.52. The second-order valence-electron chi connectivity index (χ2n) is 5.43. The van der Waals surface area contributed by atoms with Crippen molar-refractivity contribution in [2.45, 2.75) is 77.6 Å². The minimum absolute atomic E-state index is 0.599. The molecule has 2 heteroatoms. The number of halogens is 1. The Morgan fingerprint density at radius 2 is 1.58 bits per heavy atom. The summed E-state index contributed by atoms with van der Waals surface area (Å²) in [6, 6.07) is 6.04. The van der Waals surface area contributed by atoms with Gasteiger partial charge in [0.2, 0.25) is 0 Å². The standard InChI is InChI=1S/C17H28ClN/c1-3-5-7-9-12-15(11-8-6-4-2)16-13-10-14-17(18)19-16/h10,13-15H,3-9,11-12H2,1-2H3. The predicted molar refractivity (Wildman–Crippen MR) is 84.9 cm³/mol. The van der Waals surface area contributed by atoms with E-state index in [1.165, 1.54) is 63.5 Å². The van der Waals surface area contributed by atoms with Crippen LogP contribution in [0.3, 0.4) is 0 Å². The van der Waals surface area contributed by atoms with Gasteiger partial charge in [0.05, 0.1) is 0 Å². The first-order valence-corrected chi connectivity index (χ1v) is 8.28. The Morgan fingerprint density at radius 1 is 0.947 bits per heavy atom. The van der Waals surface area contributed by atoms with Crippen molar-refractivity contribution in [2.75, 3.05) is 0 Å². The maximum Gasteiger partial charge on any atom is 0.129 e. The van der Waals surface area contributed by atoms with E-state index < -0.39 is 0 Å². The first-order valence-electron chi connectivity index (χ1n) is 7.90. The summed E-state index contributed by atoms with van der Waals surface area (Å²) in [5, 5.41) is 0.631. The molecule has 0 aliphatic rings. The molecule has 0 aliphatic carbocycles. The van der Waals surface area contributed by atoms with Gasteiger partial charge in [-0.05, 0) is 25.0 Å². The van der Waals surface area contributed by atoms with Gasteiger partial charge in [0.1, 0.15) is 5.15 Å². The van der Waals surface area contributed by atoms with E-state index in [9.17, 15) is 0 Å². The molecular formula is C17H28ClN. The van der Waals surface area contributed by atoms with Crippen molar-refractivity contribution in [3.63, 3.8) is 0 Å². The highest BCUT2D eigenvalue weighted by Crippen LogP contribution is 2.27. The summed E-state index contributed by atoms with van der Waals surface area (Å²) in [5.74, 6) is 0.599. The number of unbranched alkanes of at least 4 members (excludes halogenated alkanes) is 5. The molecule has 0 bridgehead atoms. The molecule has 0 saturated heterocycles. The van der Waals surface area contributed by atoms with Crippen molar-refractivity contribution in [1.82, 2.24) is 4.98 Å². The second-order valence-corrected chi connectivity index (χ2v) is 5.81. The van der Waals surface area contributed by atoms with E-state index in [-0.39, 0.29) is 0 Å². The quantitative estimate of drug-likeness (QED) is 0.359. The lowest BCUT2D eigenvalue weighted by molar-refractivity contribution is 0.493. The topological polar surface area (TPSA) is 12.9 Å². The zero-order valence-corrected chi connectivity index (χ0v) is 13.3. The molecule has 0 spiro atoms. The zero-order valence-electron chi connectivity index (χ0n) is 12.5. The van der Waals surface area contributed by atoms with Gasteiger partial charge in [-0.1, -0.05) is 76.5 Å². The van der Waals surface area contributed by atoms with Crippen molar-refractivity contribution in [3.8, 4) is 0 Å². The molecule has 0 radical (unpaired) electrons. The number of aromatic nitrogens is 1. The number of pyridine rings is 1. The molecule has 1 rings (SSSR count). The lowest BCUT2D eigenvalue weighted by Crippen LogP contribution is -2.02. The fourth-order valence-corrected chi connectivity index (χ4v) is 2.72. The van der Waals surface area contributed by atoms with Crippen LogP contribution in [0.5, 0.6) is 0 Å². The van der Waals surface area contributed by atoms with Gasteiger partial charge in [-0.25, -0.2) is 4.98 Å². The summed E-state index contributed by atoms with van der Waals surface area (Å²) in [4.78, 5) is 4.52. The molecule has 1 atom stereocenters. The molecule has 1 nitrogen and oxygen atoms in total. The van der Waals surface area contributed by atoms with Crippen LogP contribution in [0, 0.1) is 0 Å². The Kier molecular flexibility index (Phi) is 8.90. The molecule has 1 heterocycles. The first-order chi connectivity index (χ1) is 9.27. The number of nitrogens with zero attached hydrogens (tertiary/aromatic N) is 1. The van der Waals surface area contributed by atoms with Crippen molar-refractivity contribution in [2.24, 2.45) is 0 Å². The lowest BCUT2D eigenvalue weighted by atomic mass is 9.91. The summed E-state index contributed by atoms with van der Waals surface area (Å²) in [7, 11) is 0. The molecule has 108 valence electrons. The summed E-state index contributed by atoms with van der Waals surface area (Å²) >= 11 is 6.02. The van der Waals surface area contributed by atoms with Gasteiger partial charge < -0.3 is 0 Å². The Morgan fingerprint density at radius 3 is 2.21 bits per heavy atom. The third-order valence-corrected chi connectivity index (χ3v) is 3.93. The summed E-state index contributed by atoms with van der Waals surface area (Å²) in [6.07, 6.45) is 11.8. The van der Waals surface area contributed by atoms with E-state index in [0.717, 1.165) is 0 Å². The van der Waals surface area contributed by atoms with E-state index in [1.807, 2.05) is 12.1 Å². The van der Waals surface area contributed by atoms with E-state index >= 15 is 0 Å². The molecule has 0 aromatic carbocycles. The van der Waals surface area contributed by atoms with Crippen LogP contribution in [0.2, 0.25) is 5.15 Å². The SMILES string of the molecule is CCCCCCC(CCCCC)c1cccc(Cl)n1. The molecule has 0 N–H and O–H groups in total. The average Bonchev–Trinajstić information content (AvgIpc) is 2.41. The van der Waals surface area contributed by atoms with Crippen LogP contribution in [-0.2, 0) is 0 Å². The van der Waals surface area contributed by atoms with Gasteiger partial charge in [0, 0.05) is 11.6 Å². The van der Waals surface area contributed by atoms with Gasteiger partial charge in [-0.2, -0.15) is 0 Å². The fourth-order valence-electron chi connectivity index (χ4n) is 2.55. The molecule has 0 amide bonds. The minimum Gasteiger partial charge on any atom is -0.241 e. The highest BCUT2D eigenvalue weighted by atomic mass is 35.5. The molecule has 0 aliphatic heterocycles. The highest BCUT2D eigenvalue weighted by Gasteiger charge is 2.12. The van der Waals surface area contributed by atoms with Gasteiger partial charge in [0.15, 0.2) is 0 Å². The lowest BCUT2D eigenvalue weighted by Gasteiger charge is -2.16. The molecule has 0 fully saturated rings. The molecule has 19 heavy (non-hydrogen) atoms. The third kappa shape index (κ3) is 6.96. The largest absolute Gasteiger partial charge is 0.241 e. The van der Waals surface area contributed by atoms with Gasteiger partial charge in [-0.3, -0.25) is 0 Å². The first kappa shape index (κ1) is 16.5. The Balaban J connectivity index is 2.52. The van der Waals surface area contributed by atoms with E-state index in [2.05, 4.69) is 24.9 Å². The molecule has 1 aromatic rings. The van der Waals surface area contributed by atoms with Crippen molar-refractivity contribution in [3.05, 3.63) is 29.0 Å². The van der Waals surface area contributed by atoms with E-state index in [4.69, 9.17) is 11.6 Å². The monoisotopic (exact) mass is 281 g/mol. The number of hydrogen-bond donors (Lipinski definition) is 0. The minimum atomic E-state index is 0.599. The van der Waals surface area contributed by atoms with E-state index in [0.29, 0.717) is 11.1 Å². The maximum atomic E-state index is 6.02. The normalized spacial score (nSPS) is 12.6. The molecular weight excluding hydrogens is 254 g/mol. The molecule has 1 unspecified atom stereocenters. The number of rotatable bonds is 10. The highest BCUT2D eigenvalue weighted by molar-refractivity contribution is 6.29. The Labute approximate surface area is 123 Å². The zero-order chi connectivity index (χ0) is 13.9. The predicted octanol–water partition coefficient (Wildman–Crippen LogP) is 6.37. The third-order valence-electron chi connectivity index (χ3n) is 3.72.